The summed E-state index contributed by atoms with van der Waals surface area (Å²) >= 11 is 0. The normalized spacial score (nSPS) is 11.8. The highest BCUT2D eigenvalue weighted by atomic mass is 16.6. The summed E-state index contributed by atoms with van der Waals surface area (Å²) in [6.07, 6.45) is -1.69. The van der Waals surface area contributed by atoms with Gasteiger partial charge in [0.05, 0.1) is 18.4 Å². The highest BCUT2D eigenvalue weighted by Crippen LogP contribution is 2.23. The van der Waals surface area contributed by atoms with E-state index in [1.807, 2.05) is 0 Å². The standard InChI is InChI=1S/C22H26N2O6/c1-14(19(25)24-17-11-6-7-12-18(17)28-5)29-20(26)15-9-8-10-16(13-15)23-21(27)30-22(2,3)4/h6-14H,1-5H3,(H,23,27)(H,24,25)/t14-/m1/s1. The number of hydrogen-bond acceptors (Lipinski definition) is 6. The number of esters is 1. The molecule has 0 unspecified atom stereocenters. The van der Waals surface area contributed by atoms with Gasteiger partial charge in [-0.2, -0.15) is 0 Å². The van der Waals surface area contributed by atoms with E-state index in [-0.39, 0.29) is 5.56 Å². The molecular formula is C22H26N2O6. The summed E-state index contributed by atoms with van der Waals surface area (Å²) in [5.74, 6) is -0.716. The lowest BCUT2D eigenvalue weighted by Crippen LogP contribution is -2.30. The molecule has 0 heterocycles. The van der Waals surface area contributed by atoms with E-state index in [1.54, 1.807) is 57.2 Å². The van der Waals surface area contributed by atoms with Crippen molar-refractivity contribution in [3.63, 3.8) is 0 Å². The van der Waals surface area contributed by atoms with E-state index in [0.717, 1.165) is 0 Å². The fourth-order valence-corrected chi connectivity index (χ4v) is 2.41. The molecule has 0 saturated heterocycles. The van der Waals surface area contributed by atoms with Gasteiger partial charge in [-0.15, -0.1) is 0 Å². The van der Waals surface area contributed by atoms with Gasteiger partial charge in [0, 0.05) is 5.69 Å². The Morgan fingerprint density at radius 3 is 2.33 bits per heavy atom. The van der Waals surface area contributed by atoms with Gasteiger partial charge in [-0.05, 0) is 58.0 Å². The zero-order valence-corrected chi connectivity index (χ0v) is 17.6. The zero-order chi connectivity index (χ0) is 22.3. The minimum atomic E-state index is -1.05. The van der Waals surface area contributed by atoms with Crippen LogP contribution in [0, 0.1) is 0 Å². The molecule has 0 spiro atoms. The van der Waals surface area contributed by atoms with Crippen molar-refractivity contribution in [1.29, 1.82) is 0 Å². The van der Waals surface area contributed by atoms with Gasteiger partial charge in [0.1, 0.15) is 11.4 Å². The molecule has 0 aliphatic rings. The predicted octanol–water partition coefficient (Wildman–Crippen LogP) is 4.23. The van der Waals surface area contributed by atoms with E-state index in [2.05, 4.69) is 10.6 Å². The molecule has 2 rings (SSSR count). The summed E-state index contributed by atoms with van der Waals surface area (Å²) in [5, 5.41) is 5.22. The molecule has 2 aromatic carbocycles. The topological polar surface area (TPSA) is 103 Å². The average molecular weight is 414 g/mol. The Bertz CT molecular complexity index is 920. The molecule has 160 valence electrons. The quantitative estimate of drug-likeness (QED) is 0.686. The first-order valence-corrected chi connectivity index (χ1v) is 9.34. The molecule has 8 heteroatoms. The number of ether oxygens (including phenoxy) is 3. The number of methoxy groups -OCH3 is 1. The van der Waals surface area contributed by atoms with Gasteiger partial charge >= 0.3 is 12.1 Å². The number of amides is 2. The van der Waals surface area contributed by atoms with Crippen molar-refractivity contribution in [2.24, 2.45) is 0 Å². The zero-order valence-electron chi connectivity index (χ0n) is 17.6. The van der Waals surface area contributed by atoms with E-state index in [4.69, 9.17) is 14.2 Å². The van der Waals surface area contributed by atoms with Gasteiger partial charge in [-0.3, -0.25) is 10.1 Å². The Balaban J connectivity index is 1.99. The Morgan fingerprint density at radius 2 is 1.67 bits per heavy atom. The third-order valence-electron chi connectivity index (χ3n) is 3.76. The Morgan fingerprint density at radius 1 is 0.967 bits per heavy atom. The van der Waals surface area contributed by atoms with Gasteiger partial charge < -0.3 is 19.5 Å². The van der Waals surface area contributed by atoms with Crippen LogP contribution >= 0.6 is 0 Å². The molecule has 1 atom stereocenters. The van der Waals surface area contributed by atoms with E-state index in [0.29, 0.717) is 17.1 Å². The second-order valence-electron chi connectivity index (χ2n) is 7.44. The molecule has 0 radical (unpaired) electrons. The lowest BCUT2D eigenvalue weighted by atomic mass is 10.2. The van der Waals surface area contributed by atoms with Crippen LogP contribution in [0.3, 0.4) is 0 Å². The van der Waals surface area contributed by atoms with Crippen LogP contribution in [0.15, 0.2) is 48.5 Å². The predicted molar refractivity (Wildman–Crippen MR) is 113 cm³/mol. The van der Waals surface area contributed by atoms with Crippen molar-refractivity contribution in [3.8, 4) is 5.75 Å². The SMILES string of the molecule is COc1ccccc1NC(=O)[C@@H](C)OC(=O)c1cccc(NC(=O)OC(C)(C)C)c1. The van der Waals surface area contributed by atoms with Gasteiger partial charge in [-0.1, -0.05) is 18.2 Å². The molecule has 2 amide bonds. The number of carbonyl (C=O) groups is 3. The molecule has 0 bridgehead atoms. The van der Waals surface area contributed by atoms with Crippen molar-refractivity contribution >= 4 is 29.3 Å². The molecule has 0 aromatic heterocycles. The monoisotopic (exact) mass is 414 g/mol. The Kier molecular flexibility index (Phi) is 7.41. The lowest BCUT2D eigenvalue weighted by molar-refractivity contribution is -0.123. The second kappa shape index (κ2) is 9.78. The minimum absolute atomic E-state index is 0.181. The summed E-state index contributed by atoms with van der Waals surface area (Å²) in [4.78, 5) is 36.7. The van der Waals surface area contributed by atoms with E-state index in [1.165, 1.54) is 26.2 Å². The van der Waals surface area contributed by atoms with E-state index in [9.17, 15) is 14.4 Å². The molecule has 0 saturated carbocycles. The number of nitrogens with one attached hydrogen (secondary N) is 2. The van der Waals surface area contributed by atoms with Crippen molar-refractivity contribution in [3.05, 3.63) is 54.1 Å². The number of rotatable bonds is 6. The maximum absolute atomic E-state index is 12.4. The lowest BCUT2D eigenvalue weighted by Gasteiger charge is -2.19. The Labute approximate surface area is 175 Å². The van der Waals surface area contributed by atoms with Gasteiger partial charge in [0.15, 0.2) is 6.10 Å². The minimum Gasteiger partial charge on any atom is -0.495 e. The number of hydrogen-bond donors (Lipinski definition) is 2. The smallest absolute Gasteiger partial charge is 0.412 e. The summed E-state index contributed by atoms with van der Waals surface area (Å²) in [7, 11) is 1.49. The van der Waals surface area contributed by atoms with Gasteiger partial charge in [-0.25, -0.2) is 9.59 Å². The largest absolute Gasteiger partial charge is 0.495 e. The van der Waals surface area contributed by atoms with Crippen LogP contribution in [-0.4, -0.2) is 36.8 Å². The van der Waals surface area contributed by atoms with Gasteiger partial charge in [0.2, 0.25) is 0 Å². The van der Waals surface area contributed by atoms with Crippen molar-refractivity contribution in [2.45, 2.75) is 39.4 Å². The van der Waals surface area contributed by atoms with Crippen LogP contribution in [0.4, 0.5) is 16.2 Å². The van der Waals surface area contributed by atoms with Crippen LogP contribution in [0.5, 0.6) is 5.75 Å². The summed E-state index contributed by atoms with van der Waals surface area (Å²) in [6, 6.07) is 13.1. The number of carbonyl (C=O) groups excluding carboxylic acids is 3. The van der Waals surface area contributed by atoms with E-state index < -0.39 is 29.7 Å². The third kappa shape index (κ3) is 6.80. The molecule has 2 N–H and O–H groups in total. The first-order valence-electron chi connectivity index (χ1n) is 9.34. The molecule has 0 aliphatic heterocycles. The van der Waals surface area contributed by atoms with E-state index >= 15 is 0 Å². The highest BCUT2D eigenvalue weighted by Gasteiger charge is 2.21. The Hall–Kier alpha value is -3.55. The van der Waals surface area contributed by atoms with Crippen LogP contribution < -0.4 is 15.4 Å². The first kappa shape index (κ1) is 22.7. The maximum Gasteiger partial charge on any atom is 0.412 e. The number of benzene rings is 2. The van der Waals surface area contributed by atoms with Crippen LogP contribution in [0.25, 0.3) is 0 Å². The maximum atomic E-state index is 12.4. The molecule has 0 fully saturated rings. The fraction of sp³-hybridized carbons (Fsp3) is 0.318. The fourth-order valence-electron chi connectivity index (χ4n) is 2.41. The summed E-state index contributed by atoms with van der Waals surface area (Å²) < 4.78 is 15.6. The highest BCUT2D eigenvalue weighted by molar-refractivity contribution is 5.98. The number of anilines is 2. The van der Waals surface area contributed by atoms with Crippen LogP contribution in [0.2, 0.25) is 0 Å². The first-order chi connectivity index (χ1) is 14.1. The van der Waals surface area contributed by atoms with Gasteiger partial charge in [0.25, 0.3) is 5.91 Å². The molecule has 0 aliphatic carbocycles. The van der Waals surface area contributed by atoms with Crippen LogP contribution in [-0.2, 0) is 14.3 Å². The molecular weight excluding hydrogens is 388 g/mol. The average Bonchev–Trinajstić information content (AvgIpc) is 2.66. The molecule has 30 heavy (non-hydrogen) atoms. The second-order valence-corrected chi connectivity index (χ2v) is 7.44. The molecule has 8 nitrogen and oxygen atoms in total. The van der Waals surface area contributed by atoms with Crippen molar-refractivity contribution in [1.82, 2.24) is 0 Å². The van der Waals surface area contributed by atoms with Crippen LogP contribution in [0.1, 0.15) is 38.1 Å². The molecule has 2 aromatic rings. The van der Waals surface area contributed by atoms with Crippen molar-refractivity contribution in [2.75, 3.05) is 17.7 Å². The summed E-state index contributed by atoms with van der Waals surface area (Å²) in [6.45, 7) is 6.71. The summed E-state index contributed by atoms with van der Waals surface area (Å²) in [5.41, 5.74) is 0.368. The van der Waals surface area contributed by atoms with Crippen molar-refractivity contribution < 1.29 is 28.6 Å². The number of para-hydroxylation sites is 2. The third-order valence-corrected chi connectivity index (χ3v) is 3.76.